The number of carbonyl (C=O) groups is 2. The largest absolute Gasteiger partial charge is 0.399 e. The van der Waals surface area contributed by atoms with Gasteiger partial charge in [-0.1, -0.05) is 19.1 Å². The molecule has 1 aliphatic rings. The van der Waals surface area contributed by atoms with Gasteiger partial charge >= 0.3 is 0 Å². The van der Waals surface area contributed by atoms with Gasteiger partial charge in [-0.3, -0.25) is 9.59 Å². The van der Waals surface area contributed by atoms with Crippen LogP contribution in [-0.2, 0) is 9.59 Å². The molecule has 1 saturated carbocycles. The Balaban J connectivity index is 1.81. The van der Waals surface area contributed by atoms with E-state index in [9.17, 15) is 9.59 Å². The highest BCUT2D eigenvalue weighted by Crippen LogP contribution is 2.21. The fraction of sp³-hybridized carbons (Fsp3) is 0.500. The van der Waals surface area contributed by atoms with Gasteiger partial charge in [0.1, 0.15) is 0 Å². The van der Waals surface area contributed by atoms with Crippen LogP contribution in [0.4, 0.5) is 5.69 Å². The lowest BCUT2D eigenvalue weighted by atomic mass is 9.97. The molecule has 5 heteroatoms. The number of nitrogens with one attached hydrogen (secondary N) is 1. The lowest BCUT2D eigenvalue weighted by molar-refractivity contribution is -0.135. The van der Waals surface area contributed by atoms with Gasteiger partial charge in [0, 0.05) is 25.2 Å². The molecule has 1 fully saturated rings. The van der Waals surface area contributed by atoms with Crippen LogP contribution in [-0.4, -0.2) is 36.3 Å². The Labute approximate surface area is 125 Å². The first-order valence-electron chi connectivity index (χ1n) is 7.34. The number of carbonyl (C=O) groups excluding carboxylic acids is 2. The van der Waals surface area contributed by atoms with Crippen LogP contribution in [0, 0.1) is 0 Å². The molecule has 1 aromatic carbocycles. The zero-order chi connectivity index (χ0) is 15.4. The SMILES string of the molecule is CC(CC(=O)N(C)CC(=O)NC1CC1)c1ccc(N)cc1. The van der Waals surface area contributed by atoms with E-state index in [1.807, 2.05) is 31.2 Å². The second-order valence-corrected chi connectivity index (χ2v) is 5.86. The summed E-state index contributed by atoms with van der Waals surface area (Å²) in [5.74, 6) is 0.00537. The number of nitrogens with zero attached hydrogens (tertiary/aromatic N) is 1. The topological polar surface area (TPSA) is 75.4 Å². The van der Waals surface area contributed by atoms with Crippen LogP contribution in [0.5, 0.6) is 0 Å². The highest BCUT2D eigenvalue weighted by Gasteiger charge is 2.24. The summed E-state index contributed by atoms with van der Waals surface area (Å²) in [5.41, 5.74) is 7.45. The van der Waals surface area contributed by atoms with Gasteiger partial charge in [-0.05, 0) is 36.5 Å². The summed E-state index contributed by atoms with van der Waals surface area (Å²) in [6.45, 7) is 2.13. The summed E-state index contributed by atoms with van der Waals surface area (Å²) in [6.07, 6.45) is 2.49. The number of hydrogen-bond donors (Lipinski definition) is 2. The van der Waals surface area contributed by atoms with Crippen molar-refractivity contribution in [1.29, 1.82) is 0 Å². The molecule has 0 bridgehead atoms. The maximum absolute atomic E-state index is 12.2. The van der Waals surface area contributed by atoms with Gasteiger partial charge in [0.05, 0.1) is 6.54 Å². The van der Waals surface area contributed by atoms with Crippen molar-refractivity contribution >= 4 is 17.5 Å². The number of hydrogen-bond acceptors (Lipinski definition) is 3. The van der Waals surface area contributed by atoms with Gasteiger partial charge < -0.3 is 16.0 Å². The number of nitrogen functional groups attached to an aromatic ring is 1. The molecule has 5 nitrogen and oxygen atoms in total. The van der Waals surface area contributed by atoms with Crippen molar-refractivity contribution in [3.05, 3.63) is 29.8 Å². The summed E-state index contributed by atoms with van der Waals surface area (Å²) in [7, 11) is 1.67. The third-order valence-corrected chi connectivity index (χ3v) is 3.74. The van der Waals surface area contributed by atoms with E-state index in [2.05, 4.69) is 5.32 Å². The molecule has 114 valence electrons. The van der Waals surface area contributed by atoms with E-state index in [4.69, 9.17) is 5.73 Å². The summed E-state index contributed by atoms with van der Waals surface area (Å²) in [4.78, 5) is 25.3. The van der Waals surface area contributed by atoms with Gasteiger partial charge in [-0.25, -0.2) is 0 Å². The van der Waals surface area contributed by atoms with Crippen LogP contribution in [0.15, 0.2) is 24.3 Å². The Bertz CT molecular complexity index is 509. The Kier molecular flexibility index (Phi) is 4.83. The molecule has 0 aliphatic heterocycles. The van der Waals surface area contributed by atoms with Gasteiger partial charge in [-0.15, -0.1) is 0 Å². The molecule has 1 aromatic rings. The van der Waals surface area contributed by atoms with Crippen LogP contribution in [0.25, 0.3) is 0 Å². The number of benzene rings is 1. The minimum atomic E-state index is -0.0755. The number of likely N-dealkylation sites (N-methyl/N-ethyl adjacent to an activating group) is 1. The van der Waals surface area contributed by atoms with Crippen LogP contribution in [0.1, 0.15) is 37.7 Å². The maximum atomic E-state index is 12.2. The second-order valence-electron chi connectivity index (χ2n) is 5.86. The molecule has 2 amide bonds. The van der Waals surface area contributed by atoms with Crippen LogP contribution in [0.2, 0.25) is 0 Å². The summed E-state index contributed by atoms with van der Waals surface area (Å²) >= 11 is 0. The number of nitrogens with two attached hydrogens (primary N) is 1. The molecule has 0 spiro atoms. The van der Waals surface area contributed by atoms with Gasteiger partial charge in [0.2, 0.25) is 11.8 Å². The van der Waals surface area contributed by atoms with E-state index in [1.165, 1.54) is 4.90 Å². The van der Waals surface area contributed by atoms with Gasteiger partial charge in [0.25, 0.3) is 0 Å². The van der Waals surface area contributed by atoms with Crippen LogP contribution < -0.4 is 11.1 Å². The molecule has 0 heterocycles. The highest BCUT2D eigenvalue weighted by atomic mass is 16.2. The first-order valence-corrected chi connectivity index (χ1v) is 7.34. The van der Waals surface area contributed by atoms with Crippen molar-refractivity contribution in [3.8, 4) is 0 Å². The lowest BCUT2D eigenvalue weighted by Crippen LogP contribution is -2.39. The summed E-state index contributed by atoms with van der Waals surface area (Å²) in [6, 6.07) is 7.88. The average molecular weight is 289 g/mol. The molecule has 1 unspecified atom stereocenters. The second kappa shape index (κ2) is 6.61. The molecule has 2 rings (SSSR count). The Morgan fingerprint density at radius 1 is 1.33 bits per heavy atom. The van der Waals surface area contributed by atoms with E-state index < -0.39 is 0 Å². The van der Waals surface area contributed by atoms with Crippen LogP contribution in [0.3, 0.4) is 0 Å². The first-order chi connectivity index (χ1) is 9.95. The molecule has 1 atom stereocenters. The van der Waals surface area contributed by atoms with Crippen molar-refractivity contribution < 1.29 is 9.59 Å². The predicted molar refractivity (Wildman–Crippen MR) is 82.7 cm³/mol. The zero-order valence-corrected chi connectivity index (χ0v) is 12.6. The standard InChI is InChI=1S/C16H23N3O2/c1-11(12-3-5-13(17)6-4-12)9-16(21)19(2)10-15(20)18-14-7-8-14/h3-6,11,14H,7-10,17H2,1-2H3,(H,18,20). The fourth-order valence-corrected chi connectivity index (χ4v) is 2.16. The summed E-state index contributed by atoms with van der Waals surface area (Å²) < 4.78 is 0. The third kappa shape index (κ3) is 4.77. The van der Waals surface area contributed by atoms with Gasteiger partial charge in [-0.2, -0.15) is 0 Å². The lowest BCUT2D eigenvalue weighted by Gasteiger charge is -2.19. The molecule has 0 aromatic heterocycles. The zero-order valence-electron chi connectivity index (χ0n) is 12.6. The minimum absolute atomic E-state index is 0.0229. The molecule has 1 aliphatic carbocycles. The number of rotatable bonds is 6. The van der Waals surface area contributed by atoms with Crippen molar-refractivity contribution in [2.24, 2.45) is 0 Å². The molecule has 3 N–H and O–H groups in total. The monoisotopic (exact) mass is 289 g/mol. The highest BCUT2D eigenvalue weighted by molar-refractivity contribution is 5.85. The summed E-state index contributed by atoms with van der Waals surface area (Å²) in [5, 5.41) is 2.88. The average Bonchev–Trinajstić information content (AvgIpc) is 3.22. The number of amides is 2. The fourth-order valence-electron chi connectivity index (χ4n) is 2.16. The van der Waals surface area contributed by atoms with Crippen molar-refractivity contribution in [1.82, 2.24) is 10.2 Å². The molecule has 0 radical (unpaired) electrons. The van der Waals surface area contributed by atoms with Gasteiger partial charge in [0.15, 0.2) is 0 Å². The minimum Gasteiger partial charge on any atom is -0.399 e. The smallest absolute Gasteiger partial charge is 0.239 e. The van der Waals surface area contributed by atoms with E-state index in [0.717, 1.165) is 18.4 Å². The van der Waals surface area contributed by atoms with E-state index in [-0.39, 0.29) is 24.3 Å². The van der Waals surface area contributed by atoms with E-state index in [0.29, 0.717) is 18.2 Å². The maximum Gasteiger partial charge on any atom is 0.239 e. The van der Waals surface area contributed by atoms with Crippen molar-refractivity contribution in [3.63, 3.8) is 0 Å². The van der Waals surface area contributed by atoms with Crippen molar-refractivity contribution in [2.45, 2.75) is 38.1 Å². The van der Waals surface area contributed by atoms with E-state index >= 15 is 0 Å². The van der Waals surface area contributed by atoms with Crippen LogP contribution >= 0.6 is 0 Å². The van der Waals surface area contributed by atoms with Crippen molar-refractivity contribution in [2.75, 3.05) is 19.3 Å². The molecular formula is C16H23N3O2. The quantitative estimate of drug-likeness (QED) is 0.779. The predicted octanol–water partition coefficient (Wildman–Crippen LogP) is 1.50. The molecule has 21 heavy (non-hydrogen) atoms. The Morgan fingerprint density at radius 2 is 1.95 bits per heavy atom. The first kappa shape index (κ1) is 15.4. The van der Waals surface area contributed by atoms with E-state index in [1.54, 1.807) is 7.05 Å². The molecule has 0 saturated heterocycles. The Hall–Kier alpha value is -2.04. The number of anilines is 1. The third-order valence-electron chi connectivity index (χ3n) is 3.74. The Morgan fingerprint density at radius 3 is 2.52 bits per heavy atom. The molecular weight excluding hydrogens is 266 g/mol. The normalized spacial score (nSPS) is 15.3.